The van der Waals surface area contributed by atoms with E-state index in [1.807, 2.05) is 18.5 Å². The second-order valence-corrected chi connectivity index (χ2v) is 8.31. The topological polar surface area (TPSA) is 41.5 Å². The zero-order valence-electron chi connectivity index (χ0n) is 18.3. The third kappa shape index (κ3) is 4.79. The average molecular weight is 405 g/mol. The van der Waals surface area contributed by atoms with Gasteiger partial charge in [0, 0.05) is 49.0 Å². The molecule has 3 aromatic rings. The second kappa shape index (κ2) is 9.54. The zero-order valence-corrected chi connectivity index (χ0v) is 18.3. The van der Waals surface area contributed by atoms with E-state index in [0.29, 0.717) is 6.04 Å². The highest BCUT2D eigenvalue weighted by Crippen LogP contribution is 2.26. The molecule has 5 heteroatoms. The molecule has 2 aromatic heterocycles. The van der Waals surface area contributed by atoms with E-state index >= 15 is 0 Å². The third-order valence-corrected chi connectivity index (χ3v) is 6.10. The largest absolute Gasteiger partial charge is 0.481 e. The number of aryl methyl sites for hydroxylation is 1. The van der Waals surface area contributed by atoms with Gasteiger partial charge < -0.3 is 4.74 Å². The summed E-state index contributed by atoms with van der Waals surface area (Å²) >= 11 is 0. The first-order chi connectivity index (χ1) is 14.7. The second-order valence-electron chi connectivity index (χ2n) is 8.31. The molecule has 1 aliphatic heterocycles. The van der Waals surface area contributed by atoms with Crippen LogP contribution in [0.4, 0.5) is 0 Å². The van der Waals surface area contributed by atoms with Gasteiger partial charge in [-0.15, -0.1) is 0 Å². The molecule has 1 aromatic carbocycles. The highest BCUT2D eigenvalue weighted by Gasteiger charge is 2.26. The smallest absolute Gasteiger partial charge is 0.218 e. The lowest BCUT2D eigenvalue weighted by atomic mass is 10.1. The lowest BCUT2D eigenvalue weighted by Gasteiger charge is -2.30. The van der Waals surface area contributed by atoms with E-state index in [1.54, 1.807) is 7.11 Å². The molecule has 4 rings (SSSR count). The fourth-order valence-electron chi connectivity index (χ4n) is 4.59. The van der Waals surface area contributed by atoms with Crippen molar-refractivity contribution in [2.75, 3.05) is 26.7 Å². The number of fused-ring (bicyclic) bond motifs is 1. The normalized spacial score (nSPS) is 17.1. The fourth-order valence-corrected chi connectivity index (χ4v) is 4.59. The van der Waals surface area contributed by atoms with Gasteiger partial charge in [0.1, 0.15) is 0 Å². The monoisotopic (exact) mass is 404 g/mol. The van der Waals surface area contributed by atoms with E-state index in [2.05, 4.69) is 59.0 Å². The van der Waals surface area contributed by atoms with Crippen LogP contribution in [-0.4, -0.2) is 52.6 Å². The molecular weight excluding hydrogens is 372 g/mol. The Labute approximate surface area is 179 Å². The first-order valence-corrected chi connectivity index (χ1v) is 11.0. The Morgan fingerprint density at radius 2 is 2.10 bits per heavy atom. The molecule has 1 saturated heterocycles. The SMILES string of the molecule is CCN1CCC[C@H]1CN(Cc1cccnc1)Cc1cc2ccc(C)cc2nc1OC. The molecule has 1 fully saturated rings. The van der Waals surface area contributed by atoms with Crippen LogP contribution in [0, 0.1) is 6.92 Å². The van der Waals surface area contributed by atoms with Crippen molar-refractivity contribution in [2.45, 2.75) is 45.8 Å². The minimum Gasteiger partial charge on any atom is -0.481 e. The van der Waals surface area contributed by atoms with Crippen LogP contribution in [0.1, 0.15) is 36.5 Å². The number of rotatable bonds is 8. The molecule has 3 heterocycles. The molecule has 0 N–H and O–H groups in total. The van der Waals surface area contributed by atoms with Crippen molar-refractivity contribution in [3.05, 3.63) is 65.5 Å². The molecule has 0 bridgehead atoms. The minimum absolute atomic E-state index is 0.605. The van der Waals surface area contributed by atoms with Crippen LogP contribution in [0.3, 0.4) is 0 Å². The number of aromatic nitrogens is 2. The number of likely N-dealkylation sites (tertiary alicyclic amines) is 1. The molecule has 158 valence electrons. The first kappa shape index (κ1) is 20.8. The molecule has 0 saturated carbocycles. The molecule has 1 aliphatic rings. The summed E-state index contributed by atoms with van der Waals surface area (Å²) in [4.78, 5) is 14.3. The predicted octanol–water partition coefficient (Wildman–Crippen LogP) is 4.43. The highest BCUT2D eigenvalue weighted by molar-refractivity contribution is 5.80. The maximum Gasteiger partial charge on any atom is 0.218 e. The lowest BCUT2D eigenvalue weighted by Crippen LogP contribution is -2.39. The molecule has 0 aliphatic carbocycles. The number of hydrogen-bond acceptors (Lipinski definition) is 5. The molecule has 1 atom stereocenters. The van der Waals surface area contributed by atoms with Crippen molar-refractivity contribution in [2.24, 2.45) is 0 Å². The molecule has 0 amide bonds. The Morgan fingerprint density at radius 3 is 2.87 bits per heavy atom. The van der Waals surface area contributed by atoms with Gasteiger partial charge in [-0.25, -0.2) is 4.98 Å². The van der Waals surface area contributed by atoms with Crippen LogP contribution in [-0.2, 0) is 13.1 Å². The van der Waals surface area contributed by atoms with Gasteiger partial charge in [-0.3, -0.25) is 14.8 Å². The standard InChI is InChI=1S/C25H32N4O/c1-4-29-12-6-8-23(29)18-28(16-20-7-5-11-26-15-20)17-22-14-21-10-9-19(2)13-24(21)27-25(22)30-3/h5,7,9-11,13-15,23H,4,6,8,12,16-18H2,1-3H3/t23-/m0/s1. The van der Waals surface area contributed by atoms with Gasteiger partial charge in [0.25, 0.3) is 0 Å². The van der Waals surface area contributed by atoms with Crippen molar-refractivity contribution < 1.29 is 4.74 Å². The number of benzene rings is 1. The van der Waals surface area contributed by atoms with Crippen LogP contribution < -0.4 is 4.74 Å². The summed E-state index contributed by atoms with van der Waals surface area (Å²) in [5.41, 5.74) is 4.58. The third-order valence-electron chi connectivity index (χ3n) is 6.10. The van der Waals surface area contributed by atoms with Crippen molar-refractivity contribution in [1.29, 1.82) is 0 Å². The fraction of sp³-hybridized carbons (Fsp3) is 0.440. The van der Waals surface area contributed by atoms with Crippen LogP contribution >= 0.6 is 0 Å². The molecule has 0 spiro atoms. The Balaban J connectivity index is 1.62. The summed E-state index contributed by atoms with van der Waals surface area (Å²) in [6.07, 6.45) is 6.36. The summed E-state index contributed by atoms with van der Waals surface area (Å²) < 4.78 is 5.70. The first-order valence-electron chi connectivity index (χ1n) is 11.0. The van der Waals surface area contributed by atoms with Gasteiger partial charge >= 0.3 is 0 Å². The Morgan fingerprint density at radius 1 is 1.20 bits per heavy atom. The van der Waals surface area contributed by atoms with Gasteiger partial charge in [-0.1, -0.05) is 25.1 Å². The molecule has 0 unspecified atom stereocenters. The predicted molar refractivity (Wildman–Crippen MR) is 122 cm³/mol. The molecule has 0 radical (unpaired) electrons. The highest BCUT2D eigenvalue weighted by atomic mass is 16.5. The van der Waals surface area contributed by atoms with Crippen LogP contribution in [0.2, 0.25) is 0 Å². The Kier molecular flexibility index (Phi) is 6.60. The van der Waals surface area contributed by atoms with Crippen molar-refractivity contribution >= 4 is 10.9 Å². The number of methoxy groups -OCH3 is 1. The summed E-state index contributed by atoms with van der Waals surface area (Å²) in [5.74, 6) is 0.725. The van der Waals surface area contributed by atoms with Gasteiger partial charge in [0.2, 0.25) is 5.88 Å². The van der Waals surface area contributed by atoms with E-state index < -0.39 is 0 Å². The number of hydrogen-bond donors (Lipinski definition) is 0. The maximum absolute atomic E-state index is 5.70. The number of nitrogens with zero attached hydrogens (tertiary/aromatic N) is 4. The van der Waals surface area contributed by atoms with E-state index in [9.17, 15) is 0 Å². The van der Waals surface area contributed by atoms with Crippen molar-refractivity contribution in [3.8, 4) is 5.88 Å². The minimum atomic E-state index is 0.605. The lowest BCUT2D eigenvalue weighted by molar-refractivity contribution is 0.164. The van der Waals surface area contributed by atoms with E-state index in [4.69, 9.17) is 9.72 Å². The summed E-state index contributed by atoms with van der Waals surface area (Å²) in [7, 11) is 1.72. The van der Waals surface area contributed by atoms with Crippen molar-refractivity contribution in [3.63, 3.8) is 0 Å². The molecular formula is C25H32N4O. The van der Waals surface area contributed by atoms with Gasteiger partial charge in [-0.2, -0.15) is 0 Å². The molecule has 30 heavy (non-hydrogen) atoms. The summed E-state index contributed by atoms with van der Waals surface area (Å²) in [5, 5.41) is 1.16. The van der Waals surface area contributed by atoms with E-state index in [1.165, 1.54) is 30.5 Å². The average Bonchev–Trinajstić information content (AvgIpc) is 3.21. The number of ether oxygens (including phenoxy) is 1. The Bertz CT molecular complexity index is 976. The van der Waals surface area contributed by atoms with Crippen molar-refractivity contribution in [1.82, 2.24) is 19.8 Å². The number of likely N-dealkylation sites (N-methyl/N-ethyl adjacent to an activating group) is 1. The van der Waals surface area contributed by atoms with Gasteiger partial charge in [0.05, 0.1) is 12.6 Å². The van der Waals surface area contributed by atoms with Gasteiger partial charge in [0.15, 0.2) is 0 Å². The zero-order chi connectivity index (χ0) is 20.9. The van der Waals surface area contributed by atoms with Crippen LogP contribution in [0.25, 0.3) is 10.9 Å². The van der Waals surface area contributed by atoms with Gasteiger partial charge in [-0.05, 0) is 62.2 Å². The maximum atomic E-state index is 5.70. The quantitative estimate of drug-likeness (QED) is 0.555. The molecule has 5 nitrogen and oxygen atoms in total. The summed E-state index contributed by atoms with van der Waals surface area (Å²) in [6, 6.07) is 13.4. The summed E-state index contributed by atoms with van der Waals surface area (Å²) in [6.45, 7) is 9.41. The van der Waals surface area contributed by atoms with Crippen LogP contribution in [0.5, 0.6) is 5.88 Å². The van der Waals surface area contributed by atoms with E-state index in [0.717, 1.165) is 48.5 Å². The van der Waals surface area contributed by atoms with Crippen LogP contribution in [0.15, 0.2) is 48.8 Å². The van der Waals surface area contributed by atoms with E-state index in [-0.39, 0.29) is 0 Å². The Hall–Kier alpha value is -2.50. The number of pyridine rings is 2.